The molecule has 2 aromatic rings. The number of sulfonamides is 1. The monoisotopic (exact) mass is 478 g/mol. The Hall–Kier alpha value is -2.29. The standard InChI is InChI=1S/C23H27ClN2O5S/c1-16(17-3-5-19(24)6-4-17)25-23(27)18-9-11-26(12-10-18)32(28,29)20-7-8-21-22(15-20)31-14-2-13-30-21/h3-8,15-16,18H,2,9-14H2,1H3,(H,25,27). The normalized spacial score (nSPS) is 18.6. The molecule has 172 valence electrons. The quantitative estimate of drug-likeness (QED) is 0.706. The van der Waals surface area contributed by atoms with Crippen LogP contribution in [0.3, 0.4) is 0 Å². The van der Waals surface area contributed by atoms with Crippen LogP contribution in [0.4, 0.5) is 0 Å². The van der Waals surface area contributed by atoms with Gasteiger partial charge in [-0.15, -0.1) is 0 Å². The fourth-order valence-electron chi connectivity index (χ4n) is 3.98. The smallest absolute Gasteiger partial charge is 0.243 e. The Morgan fingerprint density at radius 2 is 1.72 bits per heavy atom. The molecular weight excluding hydrogens is 452 g/mol. The maximum atomic E-state index is 13.1. The third kappa shape index (κ3) is 5.03. The Bertz CT molecular complexity index is 1070. The Labute approximate surface area is 193 Å². The van der Waals surface area contributed by atoms with Crippen LogP contribution >= 0.6 is 11.6 Å². The summed E-state index contributed by atoms with van der Waals surface area (Å²) < 4.78 is 38.9. The highest BCUT2D eigenvalue weighted by Gasteiger charge is 2.33. The Balaban J connectivity index is 1.37. The van der Waals surface area contributed by atoms with Crippen molar-refractivity contribution < 1.29 is 22.7 Å². The van der Waals surface area contributed by atoms with Gasteiger partial charge in [0.1, 0.15) is 0 Å². The van der Waals surface area contributed by atoms with Gasteiger partial charge in [0.2, 0.25) is 15.9 Å². The number of fused-ring (bicyclic) bond motifs is 1. The molecule has 0 spiro atoms. The fraction of sp³-hybridized carbons (Fsp3) is 0.435. The van der Waals surface area contributed by atoms with Gasteiger partial charge in [0.15, 0.2) is 11.5 Å². The van der Waals surface area contributed by atoms with Gasteiger partial charge in [-0.1, -0.05) is 23.7 Å². The Morgan fingerprint density at radius 3 is 2.41 bits per heavy atom. The molecule has 0 bridgehead atoms. The highest BCUT2D eigenvalue weighted by molar-refractivity contribution is 7.89. The van der Waals surface area contributed by atoms with Gasteiger partial charge in [-0.3, -0.25) is 4.79 Å². The summed E-state index contributed by atoms with van der Waals surface area (Å²) in [6.07, 6.45) is 1.70. The third-order valence-corrected chi connectivity index (χ3v) is 8.06. The van der Waals surface area contributed by atoms with E-state index in [1.54, 1.807) is 24.3 Å². The zero-order valence-electron chi connectivity index (χ0n) is 17.9. The van der Waals surface area contributed by atoms with Crippen LogP contribution in [0.25, 0.3) is 0 Å². The summed E-state index contributed by atoms with van der Waals surface area (Å²) in [5.74, 6) is 0.737. The van der Waals surface area contributed by atoms with Gasteiger partial charge in [0.05, 0.1) is 24.2 Å². The number of carbonyl (C=O) groups is 1. The number of nitrogens with zero attached hydrogens (tertiary/aromatic N) is 1. The van der Waals surface area contributed by atoms with Crippen LogP contribution in [0.2, 0.25) is 5.02 Å². The molecule has 0 saturated carbocycles. The highest BCUT2D eigenvalue weighted by Crippen LogP contribution is 2.34. The number of rotatable bonds is 5. The summed E-state index contributed by atoms with van der Waals surface area (Å²) in [4.78, 5) is 12.9. The summed E-state index contributed by atoms with van der Waals surface area (Å²) in [6, 6.07) is 11.9. The summed E-state index contributed by atoms with van der Waals surface area (Å²) in [5.41, 5.74) is 0.970. The number of hydrogen-bond acceptors (Lipinski definition) is 5. The van der Waals surface area contributed by atoms with E-state index in [4.69, 9.17) is 21.1 Å². The number of carbonyl (C=O) groups excluding carboxylic acids is 1. The minimum absolute atomic E-state index is 0.0555. The van der Waals surface area contributed by atoms with Crippen molar-refractivity contribution in [3.8, 4) is 11.5 Å². The van der Waals surface area contributed by atoms with Crippen LogP contribution in [0.1, 0.15) is 37.8 Å². The summed E-state index contributed by atoms with van der Waals surface area (Å²) in [6.45, 7) is 3.55. The maximum Gasteiger partial charge on any atom is 0.243 e. The van der Waals surface area contributed by atoms with E-state index in [2.05, 4.69) is 5.32 Å². The van der Waals surface area contributed by atoms with E-state index in [-0.39, 0.29) is 22.8 Å². The molecule has 4 rings (SSSR count). The van der Waals surface area contributed by atoms with E-state index in [0.29, 0.717) is 55.7 Å². The molecule has 32 heavy (non-hydrogen) atoms. The van der Waals surface area contributed by atoms with E-state index in [0.717, 1.165) is 12.0 Å². The molecule has 9 heteroatoms. The molecule has 7 nitrogen and oxygen atoms in total. The topological polar surface area (TPSA) is 84.9 Å². The van der Waals surface area contributed by atoms with Crippen molar-refractivity contribution in [3.05, 3.63) is 53.1 Å². The molecule has 1 unspecified atom stereocenters. The summed E-state index contributed by atoms with van der Waals surface area (Å²) in [5, 5.41) is 3.68. The van der Waals surface area contributed by atoms with Gasteiger partial charge in [-0.2, -0.15) is 4.31 Å². The van der Waals surface area contributed by atoms with Gasteiger partial charge < -0.3 is 14.8 Å². The molecule has 1 saturated heterocycles. The van der Waals surface area contributed by atoms with Gasteiger partial charge in [0.25, 0.3) is 0 Å². The van der Waals surface area contributed by atoms with E-state index < -0.39 is 10.0 Å². The molecular formula is C23H27ClN2O5S. The molecule has 1 atom stereocenters. The van der Waals surface area contributed by atoms with Gasteiger partial charge in [-0.25, -0.2) is 8.42 Å². The van der Waals surface area contributed by atoms with Crippen LogP contribution in [-0.2, 0) is 14.8 Å². The van der Waals surface area contributed by atoms with Gasteiger partial charge >= 0.3 is 0 Å². The molecule has 1 N–H and O–H groups in total. The minimum Gasteiger partial charge on any atom is -0.490 e. The predicted molar refractivity (Wildman–Crippen MR) is 122 cm³/mol. The van der Waals surface area contributed by atoms with Crippen molar-refractivity contribution in [1.29, 1.82) is 0 Å². The number of hydrogen-bond donors (Lipinski definition) is 1. The molecule has 0 radical (unpaired) electrons. The second-order valence-electron chi connectivity index (χ2n) is 8.12. The molecule has 2 aliphatic heterocycles. The highest BCUT2D eigenvalue weighted by atomic mass is 35.5. The van der Waals surface area contributed by atoms with Gasteiger partial charge in [-0.05, 0) is 49.6 Å². The first-order valence-electron chi connectivity index (χ1n) is 10.8. The average Bonchev–Trinajstić information content (AvgIpc) is 3.04. The van der Waals surface area contributed by atoms with Crippen LogP contribution in [0, 0.1) is 5.92 Å². The minimum atomic E-state index is -3.67. The van der Waals surface area contributed by atoms with Crippen molar-refractivity contribution in [2.75, 3.05) is 26.3 Å². The summed E-state index contributed by atoms with van der Waals surface area (Å²) >= 11 is 5.93. The van der Waals surface area contributed by atoms with Crippen LogP contribution in [0.15, 0.2) is 47.4 Å². The first-order chi connectivity index (χ1) is 15.3. The second-order valence-corrected chi connectivity index (χ2v) is 10.5. The first kappa shape index (κ1) is 22.9. The third-order valence-electron chi connectivity index (χ3n) is 5.91. The number of halogens is 1. The van der Waals surface area contributed by atoms with E-state index >= 15 is 0 Å². The molecule has 2 heterocycles. The van der Waals surface area contributed by atoms with Crippen molar-refractivity contribution in [3.63, 3.8) is 0 Å². The summed E-state index contributed by atoms with van der Waals surface area (Å²) in [7, 11) is -3.67. The second kappa shape index (κ2) is 9.68. The lowest BCUT2D eigenvalue weighted by atomic mass is 9.96. The predicted octanol–water partition coefficient (Wildman–Crippen LogP) is 3.78. The lowest BCUT2D eigenvalue weighted by Gasteiger charge is -2.31. The van der Waals surface area contributed by atoms with Crippen molar-refractivity contribution in [2.24, 2.45) is 5.92 Å². The van der Waals surface area contributed by atoms with Gasteiger partial charge in [0, 0.05) is 36.5 Å². The zero-order chi connectivity index (χ0) is 22.7. The van der Waals surface area contributed by atoms with E-state index in [1.165, 1.54) is 10.4 Å². The lowest BCUT2D eigenvalue weighted by molar-refractivity contribution is -0.126. The molecule has 1 amide bonds. The van der Waals surface area contributed by atoms with E-state index in [9.17, 15) is 13.2 Å². The number of benzene rings is 2. The Morgan fingerprint density at radius 1 is 1.06 bits per heavy atom. The van der Waals surface area contributed by atoms with Crippen molar-refractivity contribution in [2.45, 2.75) is 37.1 Å². The average molecular weight is 479 g/mol. The maximum absolute atomic E-state index is 13.1. The Kier molecular flexibility index (Phi) is 6.93. The van der Waals surface area contributed by atoms with Crippen LogP contribution in [-0.4, -0.2) is 44.9 Å². The van der Waals surface area contributed by atoms with Crippen LogP contribution < -0.4 is 14.8 Å². The number of ether oxygens (including phenoxy) is 2. The zero-order valence-corrected chi connectivity index (χ0v) is 19.5. The molecule has 0 aromatic heterocycles. The molecule has 0 aliphatic carbocycles. The number of piperidine rings is 1. The van der Waals surface area contributed by atoms with Crippen LogP contribution in [0.5, 0.6) is 11.5 Å². The number of nitrogens with one attached hydrogen (secondary N) is 1. The fourth-order valence-corrected chi connectivity index (χ4v) is 5.59. The van der Waals surface area contributed by atoms with E-state index in [1.807, 2.05) is 19.1 Å². The first-order valence-corrected chi connectivity index (χ1v) is 12.6. The lowest BCUT2D eigenvalue weighted by Crippen LogP contribution is -2.43. The molecule has 1 fully saturated rings. The molecule has 2 aliphatic rings. The largest absolute Gasteiger partial charge is 0.490 e. The van der Waals surface area contributed by atoms with Crippen molar-refractivity contribution in [1.82, 2.24) is 9.62 Å². The molecule has 2 aromatic carbocycles. The SMILES string of the molecule is CC(NC(=O)C1CCN(S(=O)(=O)c2ccc3c(c2)OCCCO3)CC1)c1ccc(Cl)cc1. The van der Waals surface area contributed by atoms with Crippen molar-refractivity contribution >= 4 is 27.5 Å². The number of amides is 1.